The number of benzene rings is 1. The lowest BCUT2D eigenvalue weighted by atomic mass is 10.2. The van der Waals surface area contributed by atoms with E-state index < -0.39 is 5.82 Å². The zero-order valence-corrected chi connectivity index (χ0v) is 14.6. The third kappa shape index (κ3) is 3.55. The Morgan fingerprint density at radius 1 is 1.38 bits per heavy atom. The smallest absolute Gasteiger partial charge is 0.265 e. The molecule has 3 rings (SSSR count). The maximum atomic E-state index is 13.5. The predicted octanol–water partition coefficient (Wildman–Crippen LogP) is 3.89. The largest absolute Gasteiger partial charge is 0.436 e. The second kappa shape index (κ2) is 6.84. The molecule has 1 aliphatic heterocycles. The molecule has 1 aliphatic rings. The number of ether oxygens (including phenoxy) is 1. The van der Waals surface area contributed by atoms with Gasteiger partial charge in [0.25, 0.3) is 11.8 Å². The van der Waals surface area contributed by atoms with Gasteiger partial charge in [-0.2, -0.15) is 9.37 Å². The fourth-order valence-corrected chi connectivity index (χ4v) is 3.15. The maximum absolute atomic E-state index is 13.5. The van der Waals surface area contributed by atoms with Gasteiger partial charge in [0.2, 0.25) is 11.1 Å². The van der Waals surface area contributed by atoms with Crippen LogP contribution in [0.4, 0.5) is 4.39 Å². The van der Waals surface area contributed by atoms with E-state index in [0.29, 0.717) is 15.0 Å². The molecule has 0 atom stereocenters. The molecular formula is C15H9ClFN3O2S2. The zero-order chi connectivity index (χ0) is 17.3. The van der Waals surface area contributed by atoms with Crippen LogP contribution < -0.4 is 4.74 Å². The number of thiocarbonyl (C=S) groups is 1. The van der Waals surface area contributed by atoms with Gasteiger partial charge in [0.05, 0.1) is 11.1 Å². The number of carbonyl (C=O) groups excluding carboxylic acids is 1. The number of aromatic nitrogens is 2. The number of likely N-dealkylation sites (N-methyl/N-ethyl adjacent to an activating group) is 1. The molecule has 1 aromatic heterocycles. The van der Waals surface area contributed by atoms with Gasteiger partial charge < -0.3 is 4.74 Å². The van der Waals surface area contributed by atoms with Gasteiger partial charge >= 0.3 is 0 Å². The summed E-state index contributed by atoms with van der Waals surface area (Å²) in [6, 6.07) is 6.73. The lowest BCUT2D eigenvalue weighted by Gasteiger charge is -2.06. The first kappa shape index (κ1) is 16.8. The quantitative estimate of drug-likeness (QED) is 0.456. The molecule has 0 radical (unpaired) electrons. The van der Waals surface area contributed by atoms with E-state index in [2.05, 4.69) is 9.97 Å². The van der Waals surface area contributed by atoms with Crippen LogP contribution in [-0.4, -0.2) is 32.1 Å². The van der Waals surface area contributed by atoms with Crippen molar-refractivity contribution in [2.75, 3.05) is 7.05 Å². The minimum Gasteiger partial charge on any atom is -0.436 e. The maximum Gasteiger partial charge on any atom is 0.265 e. The van der Waals surface area contributed by atoms with Crippen molar-refractivity contribution in [2.45, 2.75) is 0 Å². The molecule has 2 heterocycles. The molecule has 122 valence electrons. The van der Waals surface area contributed by atoms with Crippen LogP contribution in [0, 0.1) is 5.82 Å². The summed E-state index contributed by atoms with van der Waals surface area (Å²) in [7, 11) is 1.64. The highest BCUT2D eigenvalue weighted by molar-refractivity contribution is 8.26. The fourth-order valence-electron chi connectivity index (χ4n) is 1.84. The Balaban J connectivity index is 1.78. The number of hydrogen-bond acceptors (Lipinski definition) is 6. The summed E-state index contributed by atoms with van der Waals surface area (Å²) in [5.41, 5.74) is 0.789. The first-order valence-corrected chi connectivity index (χ1v) is 8.22. The van der Waals surface area contributed by atoms with Crippen LogP contribution in [0.15, 0.2) is 35.4 Å². The molecule has 1 fully saturated rings. The Kier molecular flexibility index (Phi) is 4.79. The van der Waals surface area contributed by atoms with E-state index in [4.69, 9.17) is 28.6 Å². The molecule has 0 spiro atoms. The normalized spacial score (nSPS) is 16.1. The zero-order valence-electron chi connectivity index (χ0n) is 12.2. The van der Waals surface area contributed by atoms with Crippen LogP contribution in [0.1, 0.15) is 5.56 Å². The van der Waals surface area contributed by atoms with Crippen molar-refractivity contribution < 1.29 is 13.9 Å². The van der Waals surface area contributed by atoms with E-state index in [9.17, 15) is 9.18 Å². The number of halogens is 2. The molecule has 0 bridgehead atoms. The molecule has 5 nitrogen and oxygen atoms in total. The van der Waals surface area contributed by atoms with Gasteiger partial charge in [-0.3, -0.25) is 9.69 Å². The average molecular weight is 382 g/mol. The number of amides is 1. The molecule has 0 aliphatic carbocycles. The van der Waals surface area contributed by atoms with E-state index in [0.717, 1.165) is 11.8 Å². The predicted molar refractivity (Wildman–Crippen MR) is 94.5 cm³/mol. The second-order valence-electron chi connectivity index (χ2n) is 4.70. The first-order valence-electron chi connectivity index (χ1n) is 6.61. The summed E-state index contributed by atoms with van der Waals surface area (Å²) in [5, 5.41) is -0.107. The first-order chi connectivity index (χ1) is 11.4. The average Bonchev–Trinajstić information content (AvgIpc) is 2.80. The Labute approximate surface area is 151 Å². The third-order valence-corrected chi connectivity index (χ3v) is 4.73. The van der Waals surface area contributed by atoms with Crippen molar-refractivity contribution in [3.63, 3.8) is 0 Å². The molecule has 2 aromatic rings. The van der Waals surface area contributed by atoms with Crippen LogP contribution >= 0.6 is 35.6 Å². The van der Waals surface area contributed by atoms with Crippen molar-refractivity contribution in [1.29, 1.82) is 0 Å². The summed E-state index contributed by atoms with van der Waals surface area (Å²) in [6.45, 7) is 0. The van der Waals surface area contributed by atoms with Gasteiger partial charge in [0, 0.05) is 7.05 Å². The standard InChI is InChI=1S/C15H9ClFN3O2S2/c1-20-13(21)11(24-15(20)23)6-8-2-4-9(5-3-8)22-12-10(17)7-18-14(16)19-12/h2-7H,1H3. The van der Waals surface area contributed by atoms with Gasteiger partial charge in [-0.05, 0) is 35.4 Å². The van der Waals surface area contributed by atoms with E-state index >= 15 is 0 Å². The van der Waals surface area contributed by atoms with Crippen LogP contribution in [0.3, 0.4) is 0 Å². The second-order valence-corrected chi connectivity index (χ2v) is 6.72. The number of thioether (sulfide) groups is 1. The number of nitrogens with zero attached hydrogens (tertiary/aromatic N) is 3. The monoisotopic (exact) mass is 381 g/mol. The summed E-state index contributed by atoms with van der Waals surface area (Å²) < 4.78 is 19.4. The molecule has 0 N–H and O–H groups in total. The number of hydrogen-bond donors (Lipinski definition) is 0. The Morgan fingerprint density at radius 2 is 2.08 bits per heavy atom. The highest BCUT2D eigenvalue weighted by Crippen LogP contribution is 2.31. The van der Waals surface area contributed by atoms with Crippen molar-refractivity contribution in [2.24, 2.45) is 0 Å². The van der Waals surface area contributed by atoms with Gasteiger partial charge in [-0.15, -0.1) is 0 Å². The summed E-state index contributed by atoms with van der Waals surface area (Å²) in [5.74, 6) is -0.725. The Morgan fingerprint density at radius 3 is 2.71 bits per heavy atom. The van der Waals surface area contributed by atoms with E-state index in [1.807, 2.05) is 0 Å². The molecule has 24 heavy (non-hydrogen) atoms. The number of rotatable bonds is 3. The number of carbonyl (C=O) groups is 1. The molecule has 0 unspecified atom stereocenters. The molecular weight excluding hydrogens is 373 g/mol. The molecule has 0 saturated carbocycles. The third-order valence-electron chi connectivity index (χ3n) is 3.06. The van der Waals surface area contributed by atoms with E-state index in [1.54, 1.807) is 37.4 Å². The van der Waals surface area contributed by atoms with E-state index in [1.165, 1.54) is 16.7 Å². The van der Waals surface area contributed by atoms with Crippen molar-refractivity contribution in [1.82, 2.24) is 14.9 Å². The Hall–Kier alpha value is -2.03. The van der Waals surface area contributed by atoms with Crippen LogP contribution in [0.5, 0.6) is 11.6 Å². The minimum atomic E-state index is -0.713. The van der Waals surface area contributed by atoms with Gasteiger partial charge in [-0.25, -0.2) is 4.98 Å². The highest BCUT2D eigenvalue weighted by Gasteiger charge is 2.28. The summed E-state index contributed by atoms with van der Waals surface area (Å²) >= 11 is 11.9. The lowest BCUT2D eigenvalue weighted by Crippen LogP contribution is -2.22. The van der Waals surface area contributed by atoms with Crippen molar-refractivity contribution >= 4 is 51.9 Å². The lowest BCUT2D eigenvalue weighted by molar-refractivity contribution is -0.121. The van der Waals surface area contributed by atoms with Crippen molar-refractivity contribution in [3.8, 4) is 11.6 Å². The molecule has 1 saturated heterocycles. The van der Waals surface area contributed by atoms with Crippen LogP contribution in [0.2, 0.25) is 5.28 Å². The topological polar surface area (TPSA) is 55.3 Å². The summed E-state index contributed by atoms with van der Waals surface area (Å²) in [4.78, 5) is 21.1. The van der Waals surface area contributed by atoms with Crippen LogP contribution in [0.25, 0.3) is 6.08 Å². The molecule has 1 amide bonds. The highest BCUT2D eigenvalue weighted by atomic mass is 35.5. The van der Waals surface area contributed by atoms with Gasteiger partial charge in [0.1, 0.15) is 10.1 Å². The Bertz CT molecular complexity index is 858. The summed E-state index contributed by atoms with van der Waals surface area (Å²) in [6.07, 6.45) is 2.67. The minimum absolute atomic E-state index is 0.107. The van der Waals surface area contributed by atoms with E-state index in [-0.39, 0.29) is 17.1 Å². The molecule has 1 aromatic carbocycles. The van der Waals surface area contributed by atoms with Gasteiger partial charge in [-0.1, -0.05) is 36.1 Å². The van der Waals surface area contributed by atoms with Gasteiger partial charge in [0.15, 0.2) is 0 Å². The van der Waals surface area contributed by atoms with Crippen LogP contribution in [-0.2, 0) is 4.79 Å². The molecule has 9 heteroatoms. The van der Waals surface area contributed by atoms with Crippen molar-refractivity contribution in [3.05, 3.63) is 52.0 Å². The SMILES string of the molecule is CN1C(=O)C(=Cc2ccc(Oc3nc(Cl)ncc3F)cc2)SC1=S. The fraction of sp³-hybridized carbons (Fsp3) is 0.0667.